The van der Waals surface area contributed by atoms with Crippen molar-refractivity contribution in [3.8, 4) is 0 Å². The highest BCUT2D eigenvalue weighted by molar-refractivity contribution is 6.02. The number of carbonyl (C=O) groups is 2. The number of esters is 1. The molecule has 0 fully saturated rings. The van der Waals surface area contributed by atoms with Crippen LogP contribution in [0.5, 0.6) is 0 Å². The number of aromatic nitrogens is 2. The van der Waals surface area contributed by atoms with Crippen LogP contribution in [0, 0.1) is 0 Å². The minimum absolute atomic E-state index is 0.0887. The number of para-hydroxylation sites is 1. The first-order valence-electron chi connectivity index (χ1n) is 6.69. The normalized spacial score (nSPS) is 11.7. The van der Waals surface area contributed by atoms with E-state index in [1.807, 2.05) is 30.3 Å². The minimum Gasteiger partial charge on any atom is -0.467 e. The van der Waals surface area contributed by atoms with Crippen molar-refractivity contribution in [3.63, 3.8) is 0 Å². The number of nitrogens with zero attached hydrogens (tertiary/aromatic N) is 3. The fraction of sp³-hybridized carbons (Fsp3) is 0.133. The lowest BCUT2D eigenvalue weighted by molar-refractivity contribution is -0.140. The zero-order chi connectivity index (χ0) is 16.5. The van der Waals surface area contributed by atoms with Crippen LogP contribution in [0.2, 0.25) is 0 Å². The fourth-order valence-electron chi connectivity index (χ4n) is 1.61. The monoisotopic (exact) mass is 313 g/mol. The Morgan fingerprint density at radius 1 is 1.26 bits per heavy atom. The third-order valence-corrected chi connectivity index (χ3v) is 2.73. The van der Waals surface area contributed by atoms with Crippen molar-refractivity contribution >= 4 is 23.8 Å². The van der Waals surface area contributed by atoms with Crippen LogP contribution in [0.15, 0.2) is 54.0 Å². The highest BCUT2D eigenvalue weighted by Gasteiger charge is 2.21. The molecule has 0 saturated heterocycles. The minimum atomic E-state index is -1.05. The molecule has 1 atom stereocenters. The second kappa shape index (κ2) is 8.23. The van der Waals surface area contributed by atoms with Crippen LogP contribution in [-0.4, -0.2) is 41.2 Å². The number of hydrogen-bond acceptors (Lipinski definition) is 7. The molecule has 0 aliphatic carbocycles. The number of methoxy groups -OCH3 is 1. The van der Waals surface area contributed by atoms with E-state index in [-0.39, 0.29) is 5.69 Å². The standard InChI is InChI=1S/C15H15N5O3/c1-23-15(22)13(10-18-20-11-5-3-2-4-6-11)19-14(21)12-9-16-7-8-17-12/h2-10,13,20H,1H3,(H,19,21)/b18-10+. The van der Waals surface area contributed by atoms with Gasteiger partial charge in [-0.3, -0.25) is 15.2 Å². The maximum atomic E-state index is 12.0. The van der Waals surface area contributed by atoms with Crippen molar-refractivity contribution in [2.45, 2.75) is 6.04 Å². The van der Waals surface area contributed by atoms with Crippen molar-refractivity contribution < 1.29 is 14.3 Å². The number of nitrogens with one attached hydrogen (secondary N) is 2. The Kier molecular flexibility index (Phi) is 5.75. The van der Waals surface area contributed by atoms with E-state index in [4.69, 9.17) is 0 Å². The number of hydrogen-bond donors (Lipinski definition) is 2. The Labute approximate surface area is 132 Å². The molecule has 0 saturated carbocycles. The van der Waals surface area contributed by atoms with Crippen molar-refractivity contribution in [1.82, 2.24) is 15.3 Å². The number of amides is 1. The van der Waals surface area contributed by atoms with Crippen LogP contribution in [-0.2, 0) is 9.53 Å². The average molecular weight is 313 g/mol. The molecule has 8 heteroatoms. The van der Waals surface area contributed by atoms with Gasteiger partial charge in [-0.1, -0.05) is 18.2 Å². The largest absolute Gasteiger partial charge is 0.467 e. The van der Waals surface area contributed by atoms with Crippen LogP contribution in [0.4, 0.5) is 5.69 Å². The zero-order valence-corrected chi connectivity index (χ0v) is 12.3. The first kappa shape index (κ1) is 16.1. The molecule has 8 nitrogen and oxygen atoms in total. The molecule has 0 radical (unpaired) electrons. The first-order valence-corrected chi connectivity index (χ1v) is 6.69. The van der Waals surface area contributed by atoms with Crippen LogP contribution < -0.4 is 10.7 Å². The van der Waals surface area contributed by atoms with Crippen LogP contribution in [0.1, 0.15) is 10.5 Å². The number of benzene rings is 1. The van der Waals surface area contributed by atoms with Crippen molar-refractivity contribution in [2.75, 3.05) is 12.5 Å². The smallest absolute Gasteiger partial charge is 0.334 e. The number of carbonyl (C=O) groups excluding carboxylic acids is 2. The lowest BCUT2D eigenvalue weighted by Crippen LogP contribution is -2.43. The Morgan fingerprint density at radius 3 is 2.70 bits per heavy atom. The Morgan fingerprint density at radius 2 is 2.04 bits per heavy atom. The van der Waals surface area contributed by atoms with E-state index in [0.29, 0.717) is 0 Å². The van der Waals surface area contributed by atoms with E-state index in [9.17, 15) is 9.59 Å². The first-order chi connectivity index (χ1) is 11.2. The van der Waals surface area contributed by atoms with Gasteiger partial charge in [0.1, 0.15) is 5.69 Å². The molecule has 2 N–H and O–H groups in total. The maximum Gasteiger partial charge on any atom is 0.334 e. The van der Waals surface area contributed by atoms with Crippen LogP contribution >= 0.6 is 0 Å². The Bertz CT molecular complexity index is 676. The number of hydrazone groups is 1. The zero-order valence-electron chi connectivity index (χ0n) is 12.3. The summed E-state index contributed by atoms with van der Waals surface area (Å²) in [6, 6.07) is 8.11. The summed E-state index contributed by atoms with van der Waals surface area (Å²) in [7, 11) is 1.22. The van der Waals surface area contributed by atoms with Gasteiger partial charge in [-0.25, -0.2) is 9.78 Å². The van der Waals surface area contributed by atoms with Gasteiger partial charge in [0.2, 0.25) is 0 Å². The van der Waals surface area contributed by atoms with Gasteiger partial charge in [-0.05, 0) is 12.1 Å². The number of rotatable bonds is 6. The van der Waals surface area contributed by atoms with Crippen molar-refractivity contribution in [3.05, 3.63) is 54.6 Å². The Hall–Kier alpha value is -3.29. The quantitative estimate of drug-likeness (QED) is 0.465. The predicted molar refractivity (Wildman–Crippen MR) is 83.9 cm³/mol. The fourth-order valence-corrected chi connectivity index (χ4v) is 1.61. The molecular formula is C15H15N5O3. The van der Waals surface area contributed by atoms with E-state index in [2.05, 4.69) is 30.5 Å². The molecule has 1 aromatic heterocycles. The molecule has 118 valence electrons. The second-order valence-electron chi connectivity index (χ2n) is 4.32. The topological polar surface area (TPSA) is 106 Å². The molecule has 2 aromatic rings. The molecule has 0 spiro atoms. The van der Waals surface area contributed by atoms with Crippen molar-refractivity contribution in [1.29, 1.82) is 0 Å². The van der Waals surface area contributed by atoms with Crippen LogP contribution in [0.25, 0.3) is 0 Å². The summed E-state index contributed by atoms with van der Waals surface area (Å²) in [4.78, 5) is 31.4. The van der Waals surface area contributed by atoms with Gasteiger partial charge in [-0.2, -0.15) is 5.10 Å². The summed E-state index contributed by atoms with van der Waals surface area (Å²) >= 11 is 0. The van der Waals surface area contributed by atoms with E-state index in [1.165, 1.54) is 31.9 Å². The predicted octanol–water partition coefficient (Wildman–Crippen LogP) is 0.846. The molecule has 1 amide bonds. The van der Waals surface area contributed by atoms with Gasteiger partial charge in [0.25, 0.3) is 5.91 Å². The van der Waals surface area contributed by atoms with Gasteiger partial charge in [0, 0.05) is 12.4 Å². The number of ether oxygens (including phenoxy) is 1. The molecule has 0 bridgehead atoms. The van der Waals surface area contributed by atoms with Gasteiger partial charge in [0.15, 0.2) is 6.04 Å². The molecule has 0 aliphatic rings. The molecule has 2 rings (SSSR count). The third kappa shape index (κ3) is 4.88. The summed E-state index contributed by atoms with van der Waals surface area (Å²) in [5, 5.41) is 6.40. The molecule has 1 heterocycles. The van der Waals surface area contributed by atoms with Gasteiger partial charge in [0.05, 0.1) is 25.2 Å². The third-order valence-electron chi connectivity index (χ3n) is 2.73. The second-order valence-corrected chi connectivity index (χ2v) is 4.32. The van der Waals surface area contributed by atoms with Gasteiger partial charge >= 0.3 is 5.97 Å². The van der Waals surface area contributed by atoms with E-state index in [1.54, 1.807) is 0 Å². The highest BCUT2D eigenvalue weighted by atomic mass is 16.5. The summed E-state index contributed by atoms with van der Waals surface area (Å²) in [6.07, 6.45) is 5.36. The molecule has 1 aromatic carbocycles. The molecule has 1 unspecified atom stereocenters. The summed E-state index contributed by atoms with van der Waals surface area (Å²) < 4.78 is 4.64. The molecule has 23 heavy (non-hydrogen) atoms. The van der Waals surface area contributed by atoms with Crippen LogP contribution in [0.3, 0.4) is 0 Å². The lowest BCUT2D eigenvalue weighted by Gasteiger charge is -2.11. The lowest BCUT2D eigenvalue weighted by atomic mass is 10.3. The van der Waals surface area contributed by atoms with Gasteiger partial charge in [-0.15, -0.1) is 0 Å². The summed E-state index contributed by atoms with van der Waals surface area (Å²) in [5.41, 5.74) is 3.58. The van der Waals surface area contributed by atoms with E-state index >= 15 is 0 Å². The summed E-state index contributed by atoms with van der Waals surface area (Å²) in [6.45, 7) is 0. The molecule has 0 aliphatic heterocycles. The van der Waals surface area contributed by atoms with E-state index in [0.717, 1.165) is 5.69 Å². The maximum absolute atomic E-state index is 12.0. The summed E-state index contributed by atoms with van der Waals surface area (Å²) in [5.74, 6) is -1.21. The molecular weight excluding hydrogens is 298 g/mol. The van der Waals surface area contributed by atoms with Gasteiger partial charge < -0.3 is 10.1 Å². The average Bonchev–Trinajstić information content (AvgIpc) is 2.61. The van der Waals surface area contributed by atoms with E-state index < -0.39 is 17.9 Å². The highest BCUT2D eigenvalue weighted by Crippen LogP contribution is 2.04. The Balaban J connectivity index is 2.02. The van der Waals surface area contributed by atoms with Crippen molar-refractivity contribution in [2.24, 2.45) is 5.10 Å². The SMILES string of the molecule is COC(=O)C(/C=N/Nc1ccccc1)NC(=O)c1cnccn1. The number of anilines is 1.